The molecule has 0 unspecified atom stereocenters. The normalized spacial score (nSPS) is 16.3. The Morgan fingerprint density at radius 3 is 1.69 bits per heavy atom. The lowest BCUT2D eigenvalue weighted by Gasteiger charge is -2.18. The van der Waals surface area contributed by atoms with Crippen LogP contribution in [0.2, 0.25) is 0 Å². The maximum atomic E-state index is 12.1. The standard InChI is InChI=1S/C32H49NO2/c1-3-4-5-6-7-8-9-10-11-12-13-14-15-16-17-18-25-33-26-23-29(24-27-33)19-20-30-21-22-31(35-2)28-32(30)34/h19-24,26-28H,3-18,25H2,1-2H3/b30-20-. The van der Waals surface area contributed by atoms with Crippen LogP contribution in [0.3, 0.4) is 0 Å². The van der Waals surface area contributed by atoms with Crippen LogP contribution in [0.15, 0.2) is 71.8 Å². The molecule has 3 heteroatoms. The van der Waals surface area contributed by atoms with Crippen molar-refractivity contribution in [2.24, 2.45) is 0 Å². The number of unbranched alkanes of at least 4 members (excludes halogenated alkanes) is 15. The Morgan fingerprint density at radius 1 is 0.686 bits per heavy atom. The minimum atomic E-state index is -0.0184. The van der Waals surface area contributed by atoms with Crippen LogP contribution in [0.5, 0.6) is 0 Å². The molecule has 2 rings (SSSR count). The molecule has 0 N–H and O–H groups in total. The molecule has 0 aromatic carbocycles. The fourth-order valence-corrected chi connectivity index (χ4v) is 4.54. The lowest BCUT2D eigenvalue weighted by Crippen LogP contribution is -2.13. The molecule has 0 spiro atoms. The maximum absolute atomic E-state index is 12.1. The van der Waals surface area contributed by atoms with Crippen LogP contribution in [0, 0.1) is 0 Å². The Hall–Kier alpha value is -2.29. The van der Waals surface area contributed by atoms with Crippen molar-refractivity contribution in [3.8, 4) is 0 Å². The molecule has 0 fully saturated rings. The van der Waals surface area contributed by atoms with Gasteiger partial charge >= 0.3 is 0 Å². The predicted molar refractivity (Wildman–Crippen MR) is 150 cm³/mol. The lowest BCUT2D eigenvalue weighted by molar-refractivity contribution is -0.111. The molecule has 0 aromatic heterocycles. The lowest BCUT2D eigenvalue weighted by atomic mass is 10.0. The largest absolute Gasteiger partial charge is 0.497 e. The van der Waals surface area contributed by atoms with Crippen LogP contribution in [0.1, 0.15) is 110 Å². The van der Waals surface area contributed by atoms with Crippen molar-refractivity contribution >= 4 is 5.78 Å². The van der Waals surface area contributed by atoms with E-state index in [1.165, 1.54) is 109 Å². The quantitative estimate of drug-likeness (QED) is 0.137. The molecule has 3 nitrogen and oxygen atoms in total. The number of carbonyl (C=O) groups excluding carboxylic acids is 1. The number of ether oxygens (including phenoxy) is 1. The Bertz CT molecular complexity index is 765. The Kier molecular flexibility index (Phi) is 15.7. The van der Waals surface area contributed by atoms with Gasteiger partial charge < -0.3 is 9.64 Å². The second-order valence-corrected chi connectivity index (χ2v) is 9.91. The van der Waals surface area contributed by atoms with E-state index in [9.17, 15) is 4.79 Å². The van der Waals surface area contributed by atoms with Crippen molar-refractivity contribution in [1.29, 1.82) is 0 Å². The van der Waals surface area contributed by atoms with Gasteiger partial charge in [-0.05, 0) is 36.3 Å². The Morgan fingerprint density at radius 2 is 1.20 bits per heavy atom. The summed E-state index contributed by atoms with van der Waals surface area (Å²) in [6.45, 7) is 3.36. The number of carbonyl (C=O) groups is 1. The number of methoxy groups -OCH3 is 1. The van der Waals surface area contributed by atoms with Crippen LogP contribution in [0.4, 0.5) is 0 Å². The SMILES string of the molecule is CCCCCCCCCCCCCCCCCCN1C=CC(=C/C=C2/C=CC(OC)=CC2=O)C=C1. The van der Waals surface area contributed by atoms with Crippen molar-refractivity contribution < 1.29 is 9.53 Å². The van der Waals surface area contributed by atoms with Crippen LogP contribution >= 0.6 is 0 Å². The highest BCUT2D eigenvalue weighted by Crippen LogP contribution is 2.17. The molecule has 0 aromatic rings. The molecule has 1 aliphatic carbocycles. The van der Waals surface area contributed by atoms with Gasteiger partial charge in [0.15, 0.2) is 5.78 Å². The summed E-state index contributed by atoms with van der Waals surface area (Å²) in [6, 6.07) is 0. The highest BCUT2D eigenvalue weighted by atomic mass is 16.5. The maximum Gasteiger partial charge on any atom is 0.189 e. The highest BCUT2D eigenvalue weighted by molar-refractivity contribution is 6.08. The van der Waals surface area contributed by atoms with Gasteiger partial charge in [-0.1, -0.05) is 115 Å². The molecule has 1 heterocycles. The van der Waals surface area contributed by atoms with E-state index in [1.807, 2.05) is 18.2 Å². The van der Waals surface area contributed by atoms with E-state index in [2.05, 4.69) is 36.4 Å². The van der Waals surface area contributed by atoms with Gasteiger partial charge in [0.1, 0.15) is 5.76 Å². The van der Waals surface area contributed by atoms with E-state index in [0.29, 0.717) is 11.3 Å². The molecular weight excluding hydrogens is 430 g/mol. The number of hydrogen-bond donors (Lipinski definition) is 0. The number of nitrogens with zero attached hydrogens (tertiary/aromatic N) is 1. The minimum Gasteiger partial charge on any atom is -0.497 e. The second-order valence-electron chi connectivity index (χ2n) is 9.91. The van der Waals surface area contributed by atoms with E-state index in [1.54, 1.807) is 13.2 Å². The van der Waals surface area contributed by atoms with E-state index >= 15 is 0 Å². The highest BCUT2D eigenvalue weighted by Gasteiger charge is 2.09. The molecule has 0 amide bonds. The summed E-state index contributed by atoms with van der Waals surface area (Å²) < 4.78 is 5.09. The van der Waals surface area contributed by atoms with Crippen molar-refractivity contribution in [1.82, 2.24) is 4.90 Å². The third-order valence-corrected chi connectivity index (χ3v) is 6.86. The fraction of sp³-hybridized carbons (Fsp3) is 0.594. The number of ketones is 1. The van der Waals surface area contributed by atoms with Crippen molar-refractivity contribution in [3.05, 3.63) is 71.8 Å². The third kappa shape index (κ3) is 13.4. The van der Waals surface area contributed by atoms with Gasteiger partial charge in [-0.2, -0.15) is 0 Å². The summed E-state index contributed by atoms with van der Waals surface area (Å²) in [7, 11) is 1.57. The van der Waals surface area contributed by atoms with E-state index in [-0.39, 0.29) is 5.78 Å². The third-order valence-electron chi connectivity index (χ3n) is 6.86. The molecule has 0 saturated heterocycles. The summed E-state index contributed by atoms with van der Waals surface area (Å²) in [5, 5.41) is 0. The molecule has 194 valence electrons. The number of rotatable bonds is 19. The van der Waals surface area contributed by atoms with E-state index < -0.39 is 0 Å². The van der Waals surface area contributed by atoms with E-state index in [0.717, 1.165) is 12.1 Å². The molecular formula is C32H49NO2. The van der Waals surface area contributed by atoms with Crippen LogP contribution < -0.4 is 0 Å². The van der Waals surface area contributed by atoms with Crippen molar-refractivity contribution in [2.45, 2.75) is 110 Å². The molecule has 0 bridgehead atoms. The summed E-state index contributed by atoms with van der Waals surface area (Å²) >= 11 is 0. The van der Waals surface area contributed by atoms with Gasteiger partial charge in [0, 0.05) is 30.6 Å². The summed E-state index contributed by atoms with van der Waals surface area (Å²) in [4.78, 5) is 14.3. The van der Waals surface area contributed by atoms with Gasteiger partial charge in [0.2, 0.25) is 0 Å². The minimum absolute atomic E-state index is 0.0184. The fourth-order valence-electron chi connectivity index (χ4n) is 4.54. The van der Waals surface area contributed by atoms with E-state index in [4.69, 9.17) is 4.74 Å². The Labute approximate surface area is 215 Å². The van der Waals surface area contributed by atoms with Crippen molar-refractivity contribution in [3.63, 3.8) is 0 Å². The average Bonchev–Trinajstić information content (AvgIpc) is 2.88. The van der Waals surface area contributed by atoms with Crippen LogP contribution in [0.25, 0.3) is 0 Å². The van der Waals surface area contributed by atoms with Crippen LogP contribution in [-0.2, 0) is 9.53 Å². The Balaban J connectivity index is 1.43. The zero-order valence-corrected chi connectivity index (χ0v) is 22.5. The van der Waals surface area contributed by atoms with Gasteiger partial charge in [0.25, 0.3) is 0 Å². The monoisotopic (exact) mass is 479 g/mol. The topological polar surface area (TPSA) is 29.5 Å². The van der Waals surface area contributed by atoms with Gasteiger partial charge in [-0.3, -0.25) is 4.79 Å². The molecule has 0 saturated carbocycles. The first kappa shape index (κ1) is 28.9. The molecule has 1 aliphatic heterocycles. The summed E-state index contributed by atoms with van der Waals surface area (Å²) in [5.41, 5.74) is 1.78. The van der Waals surface area contributed by atoms with Crippen LogP contribution in [-0.4, -0.2) is 24.3 Å². The van der Waals surface area contributed by atoms with Gasteiger partial charge in [-0.15, -0.1) is 0 Å². The molecule has 0 radical (unpaired) electrons. The smallest absolute Gasteiger partial charge is 0.189 e. The van der Waals surface area contributed by atoms with Crippen molar-refractivity contribution in [2.75, 3.05) is 13.7 Å². The predicted octanol–water partition coefficient (Wildman–Crippen LogP) is 9.11. The molecule has 35 heavy (non-hydrogen) atoms. The zero-order valence-electron chi connectivity index (χ0n) is 22.5. The first-order chi connectivity index (χ1) is 17.2. The van der Waals surface area contributed by atoms with Gasteiger partial charge in [0.05, 0.1) is 7.11 Å². The first-order valence-electron chi connectivity index (χ1n) is 14.2. The average molecular weight is 480 g/mol. The summed E-state index contributed by atoms with van der Waals surface area (Å²) in [6.07, 6.45) is 40.0. The number of allylic oxidation sites excluding steroid dienone is 9. The molecule has 0 atom stereocenters. The summed E-state index contributed by atoms with van der Waals surface area (Å²) in [5.74, 6) is 0.581. The second kappa shape index (κ2) is 19.0. The molecule has 2 aliphatic rings. The first-order valence-corrected chi connectivity index (χ1v) is 14.2. The number of hydrogen-bond acceptors (Lipinski definition) is 3. The van der Waals surface area contributed by atoms with Gasteiger partial charge in [-0.25, -0.2) is 0 Å². The zero-order chi connectivity index (χ0) is 25.0.